The maximum Gasteiger partial charge on any atom is 0.0320 e. The minimum Gasteiger partial charge on any atom is -0.399 e. The number of anilines is 1. The van der Waals surface area contributed by atoms with Gasteiger partial charge < -0.3 is 5.73 Å². The van der Waals surface area contributed by atoms with Crippen LogP contribution in [0.15, 0.2) is 48.5 Å². The highest BCUT2D eigenvalue weighted by molar-refractivity contribution is 5.67. The molecule has 0 heterocycles. The van der Waals surface area contributed by atoms with Crippen molar-refractivity contribution in [1.29, 1.82) is 0 Å². The molecule has 0 fully saturated rings. The first kappa shape index (κ1) is 9.78. The van der Waals surface area contributed by atoms with Gasteiger partial charge in [0.25, 0.3) is 0 Å². The summed E-state index contributed by atoms with van der Waals surface area (Å²) >= 11 is 0. The lowest BCUT2D eigenvalue weighted by atomic mass is 10.0. The van der Waals surface area contributed by atoms with Crippen molar-refractivity contribution in [3.05, 3.63) is 54.1 Å². The molecule has 2 N–H and O–H groups in total. The van der Waals surface area contributed by atoms with Crippen LogP contribution in [-0.2, 0) is 6.42 Å². The van der Waals surface area contributed by atoms with Crippen molar-refractivity contribution in [1.82, 2.24) is 0 Å². The lowest BCUT2D eigenvalue weighted by Crippen LogP contribution is -1.86. The number of rotatable bonds is 2. The van der Waals surface area contributed by atoms with Gasteiger partial charge in [-0.15, -0.1) is 0 Å². The van der Waals surface area contributed by atoms with Gasteiger partial charge in [0.1, 0.15) is 0 Å². The molecule has 2 rings (SSSR count). The zero-order valence-electron chi connectivity index (χ0n) is 8.90. The van der Waals surface area contributed by atoms with E-state index in [-0.39, 0.29) is 0 Å². The van der Waals surface area contributed by atoms with Crippen LogP contribution in [0.1, 0.15) is 12.5 Å². The van der Waals surface area contributed by atoms with E-state index in [1.807, 2.05) is 18.2 Å². The molecule has 0 unspecified atom stereocenters. The topological polar surface area (TPSA) is 26.0 Å². The molecule has 0 bridgehead atoms. The molecule has 1 heteroatoms. The molecule has 0 saturated carbocycles. The van der Waals surface area contributed by atoms with Gasteiger partial charge in [-0.25, -0.2) is 0 Å². The Morgan fingerprint density at radius 2 is 1.60 bits per heavy atom. The molecule has 0 aromatic heterocycles. The molecule has 0 aliphatic carbocycles. The summed E-state index contributed by atoms with van der Waals surface area (Å²) in [6, 6.07) is 16.6. The van der Waals surface area contributed by atoms with E-state index in [4.69, 9.17) is 5.73 Å². The van der Waals surface area contributed by atoms with Gasteiger partial charge in [0.2, 0.25) is 0 Å². The number of benzene rings is 2. The van der Waals surface area contributed by atoms with E-state index >= 15 is 0 Å². The predicted octanol–water partition coefficient (Wildman–Crippen LogP) is 3.50. The van der Waals surface area contributed by atoms with E-state index in [1.54, 1.807) is 0 Å². The van der Waals surface area contributed by atoms with E-state index < -0.39 is 0 Å². The van der Waals surface area contributed by atoms with E-state index in [0.29, 0.717) is 0 Å². The van der Waals surface area contributed by atoms with Crippen molar-refractivity contribution in [2.75, 3.05) is 5.73 Å². The Hall–Kier alpha value is -1.76. The quantitative estimate of drug-likeness (QED) is 0.733. The van der Waals surface area contributed by atoms with E-state index in [0.717, 1.165) is 12.1 Å². The second kappa shape index (κ2) is 4.18. The molecule has 15 heavy (non-hydrogen) atoms. The zero-order valence-corrected chi connectivity index (χ0v) is 8.90. The zero-order chi connectivity index (χ0) is 10.7. The van der Waals surface area contributed by atoms with Crippen molar-refractivity contribution in [3.8, 4) is 11.1 Å². The van der Waals surface area contributed by atoms with E-state index in [1.165, 1.54) is 16.7 Å². The molecule has 0 amide bonds. The maximum absolute atomic E-state index is 5.77. The Balaban J connectivity index is 2.44. The summed E-state index contributed by atoms with van der Waals surface area (Å²) in [6.45, 7) is 2.17. The number of nitrogens with two attached hydrogens (primary N) is 1. The number of hydrogen-bond acceptors (Lipinski definition) is 1. The first-order valence-electron chi connectivity index (χ1n) is 5.24. The van der Waals surface area contributed by atoms with Crippen molar-refractivity contribution in [2.24, 2.45) is 0 Å². The fourth-order valence-corrected chi connectivity index (χ4v) is 1.69. The lowest BCUT2D eigenvalue weighted by molar-refractivity contribution is 1.14. The van der Waals surface area contributed by atoms with Crippen molar-refractivity contribution < 1.29 is 0 Å². The molecular formula is C14H15N. The Morgan fingerprint density at radius 3 is 2.27 bits per heavy atom. The van der Waals surface area contributed by atoms with Crippen molar-refractivity contribution >= 4 is 5.69 Å². The van der Waals surface area contributed by atoms with E-state index in [9.17, 15) is 0 Å². The van der Waals surface area contributed by atoms with E-state index in [2.05, 4.69) is 37.3 Å². The molecule has 0 atom stereocenters. The molecule has 0 aliphatic heterocycles. The van der Waals surface area contributed by atoms with Crippen molar-refractivity contribution in [3.63, 3.8) is 0 Å². The standard InChI is InChI=1S/C14H15N/c1-2-11-5-3-6-12(9-11)13-7-4-8-14(15)10-13/h3-10H,2,15H2,1H3. The molecule has 2 aromatic rings. The Bertz CT molecular complexity index is 460. The van der Waals surface area contributed by atoms with Crippen LogP contribution < -0.4 is 5.73 Å². The third-order valence-electron chi connectivity index (χ3n) is 2.56. The second-order valence-corrected chi connectivity index (χ2v) is 3.68. The molecule has 0 aliphatic rings. The normalized spacial score (nSPS) is 10.2. The molecule has 0 spiro atoms. The van der Waals surface area contributed by atoms with Crippen LogP contribution in [-0.4, -0.2) is 0 Å². The Labute approximate surface area is 90.6 Å². The monoisotopic (exact) mass is 197 g/mol. The van der Waals surface area contributed by atoms with Crippen LogP contribution in [0.4, 0.5) is 5.69 Å². The Kier molecular flexibility index (Phi) is 2.72. The van der Waals surface area contributed by atoms with Crippen LogP contribution in [0.3, 0.4) is 0 Å². The number of nitrogen functional groups attached to an aromatic ring is 1. The third-order valence-corrected chi connectivity index (χ3v) is 2.56. The molecule has 76 valence electrons. The van der Waals surface area contributed by atoms with Crippen molar-refractivity contribution in [2.45, 2.75) is 13.3 Å². The van der Waals surface area contributed by atoms with Gasteiger partial charge in [0.15, 0.2) is 0 Å². The summed E-state index contributed by atoms with van der Waals surface area (Å²) in [6.07, 6.45) is 1.07. The fraction of sp³-hybridized carbons (Fsp3) is 0.143. The smallest absolute Gasteiger partial charge is 0.0320 e. The third kappa shape index (κ3) is 2.18. The second-order valence-electron chi connectivity index (χ2n) is 3.68. The fourth-order valence-electron chi connectivity index (χ4n) is 1.69. The van der Waals surface area contributed by atoms with Crippen LogP contribution in [0.5, 0.6) is 0 Å². The van der Waals surface area contributed by atoms with Gasteiger partial charge in [-0.05, 0) is 35.2 Å². The van der Waals surface area contributed by atoms with Gasteiger partial charge in [-0.3, -0.25) is 0 Å². The SMILES string of the molecule is CCc1cccc(-c2cccc(N)c2)c1. The summed E-state index contributed by atoms with van der Waals surface area (Å²) in [5.41, 5.74) is 10.4. The summed E-state index contributed by atoms with van der Waals surface area (Å²) < 4.78 is 0. The highest BCUT2D eigenvalue weighted by Gasteiger charge is 1.98. The van der Waals surface area contributed by atoms with Gasteiger partial charge in [-0.2, -0.15) is 0 Å². The Morgan fingerprint density at radius 1 is 0.933 bits per heavy atom. The van der Waals surface area contributed by atoms with Crippen LogP contribution >= 0.6 is 0 Å². The maximum atomic E-state index is 5.77. The van der Waals surface area contributed by atoms with Gasteiger partial charge in [-0.1, -0.05) is 43.3 Å². The average molecular weight is 197 g/mol. The van der Waals surface area contributed by atoms with Crippen LogP contribution in [0.2, 0.25) is 0 Å². The first-order chi connectivity index (χ1) is 7.29. The van der Waals surface area contributed by atoms with Gasteiger partial charge in [0.05, 0.1) is 0 Å². The van der Waals surface area contributed by atoms with Gasteiger partial charge >= 0.3 is 0 Å². The molecule has 2 aromatic carbocycles. The summed E-state index contributed by atoms with van der Waals surface area (Å²) in [5.74, 6) is 0. The number of hydrogen-bond donors (Lipinski definition) is 1. The van der Waals surface area contributed by atoms with Gasteiger partial charge in [0, 0.05) is 5.69 Å². The lowest BCUT2D eigenvalue weighted by Gasteiger charge is -2.04. The molecule has 0 saturated heterocycles. The molecular weight excluding hydrogens is 182 g/mol. The average Bonchev–Trinajstić information content (AvgIpc) is 2.29. The van der Waals surface area contributed by atoms with Crippen LogP contribution in [0, 0.1) is 0 Å². The summed E-state index contributed by atoms with van der Waals surface area (Å²) in [7, 11) is 0. The summed E-state index contributed by atoms with van der Waals surface area (Å²) in [5, 5.41) is 0. The minimum atomic E-state index is 0.814. The largest absolute Gasteiger partial charge is 0.399 e. The van der Waals surface area contributed by atoms with Crippen LogP contribution in [0.25, 0.3) is 11.1 Å². The first-order valence-corrected chi connectivity index (χ1v) is 5.24. The highest BCUT2D eigenvalue weighted by atomic mass is 14.5. The number of aryl methyl sites for hydroxylation is 1. The predicted molar refractivity (Wildman–Crippen MR) is 65.7 cm³/mol. The molecule has 1 nitrogen and oxygen atoms in total. The highest BCUT2D eigenvalue weighted by Crippen LogP contribution is 2.22. The summed E-state index contributed by atoms with van der Waals surface area (Å²) in [4.78, 5) is 0. The molecule has 0 radical (unpaired) electrons. The minimum absolute atomic E-state index is 0.814.